The number of benzene rings is 1. The number of allylic oxidation sites excluding steroid dienone is 1. The first kappa shape index (κ1) is 15.3. The van der Waals surface area contributed by atoms with Crippen LogP contribution in [0.5, 0.6) is 5.88 Å². The molecular formula is C18H21NO2. The van der Waals surface area contributed by atoms with Crippen LogP contribution in [0.15, 0.2) is 48.7 Å². The molecule has 0 amide bonds. The molecule has 0 aliphatic carbocycles. The summed E-state index contributed by atoms with van der Waals surface area (Å²) in [5.41, 5.74) is 3.22. The van der Waals surface area contributed by atoms with Crippen molar-refractivity contribution < 1.29 is 10.2 Å². The van der Waals surface area contributed by atoms with Crippen LogP contribution < -0.4 is 0 Å². The molecule has 3 heteroatoms. The number of nitrogens with zero attached hydrogens (tertiary/aromatic N) is 1. The first-order chi connectivity index (χ1) is 10.1. The summed E-state index contributed by atoms with van der Waals surface area (Å²) in [7, 11) is 0. The highest BCUT2D eigenvalue weighted by Gasteiger charge is 1.98. The Kier molecular flexibility index (Phi) is 5.52. The van der Waals surface area contributed by atoms with Crippen LogP contribution in [-0.4, -0.2) is 21.3 Å². The van der Waals surface area contributed by atoms with Crippen molar-refractivity contribution in [3.05, 3.63) is 54.2 Å². The minimum atomic E-state index is -0.211. The third-order valence-electron chi connectivity index (χ3n) is 3.29. The molecule has 0 fully saturated rings. The molecule has 1 unspecified atom stereocenters. The molecule has 2 aromatic rings. The van der Waals surface area contributed by atoms with Gasteiger partial charge in [-0.15, -0.1) is 0 Å². The maximum atomic E-state index is 9.19. The van der Waals surface area contributed by atoms with Crippen molar-refractivity contribution in [1.82, 2.24) is 4.98 Å². The van der Waals surface area contributed by atoms with Crippen molar-refractivity contribution in [2.75, 3.05) is 0 Å². The Balaban J connectivity index is 1.92. The van der Waals surface area contributed by atoms with Gasteiger partial charge in [-0.2, -0.15) is 0 Å². The van der Waals surface area contributed by atoms with E-state index in [2.05, 4.69) is 29.3 Å². The van der Waals surface area contributed by atoms with Crippen LogP contribution >= 0.6 is 0 Å². The van der Waals surface area contributed by atoms with E-state index < -0.39 is 0 Å². The fraction of sp³-hybridized carbons (Fsp3) is 0.278. The Hall–Kier alpha value is -2.13. The molecule has 3 nitrogen and oxygen atoms in total. The molecule has 0 saturated carbocycles. The standard InChI is InChI=1S/C18H21NO2/c1-14(20)5-3-2-4-6-15-7-9-16(10-8-15)17-11-12-18(21)19-13-17/h4,6-14,20H,2-3,5H2,1H3,(H,19,21)/b6-4+. The number of aromatic nitrogens is 1. The van der Waals surface area contributed by atoms with Crippen LogP contribution in [0.4, 0.5) is 0 Å². The predicted octanol–water partition coefficient (Wildman–Crippen LogP) is 4.02. The van der Waals surface area contributed by atoms with E-state index in [-0.39, 0.29) is 12.0 Å². The second-order valence-electron chi connectivity index (χ2n) is 5.21. The van der Waals surface area contributed by atoms with E-state index in [9.17, 15) is 10.2 Å². The summed E-state index contributed by atoms with van der Waals surface area (Å²) in [6.07, 6.45) is 8.52. The second kappa shape index (κ2) is 7.60. The number of aliphatic hydroxyl groups is 1. The number of aliphatic hydroxyl groups excluding tert-OH is 1. The Morgan fingerprint density at radius 1 is 1.10 bits per heavy atom. The first-order valence-corrected chi connectivity index (χ1v) is 7.25. The molecule has 110 valence electrons. The highest BCUT2D eigenvalue weighted by Crippen LogP contribution is 2.20. The Bertz CT molecular complexity index is 571. The van der Waals surface area contributed by atoms with Gasteiger partial charge in [-0.05, 0) is 43.4 Å². The van der Waals surface area contributed by atoms with Crippen LogP contribution in [0.3, 0.4) is 0 Å². The topological polar surface area (TPSA) is 53.4 Å². The minimum absolute atomic E-state index is 0.0375. The molecule has 2 rings (SSSR count). The molecule has 0 spiro atoms. The van der Waals surface area contributed by atoms with Gasteiger partial charge < -0.3 is 10.2 Å². The van der Waals surface area contributed by atoms with Crippen LogP contribution in [0.1, 0.15) is 31.7 Å². The molecule has 0 aliphatic rings. The normalized spacial score (nSPS) is 12.7. The highest BCUT2D eigenvalue weighted by molar-refractivity contribution is 5.65. The molecule has 1 aromatic carbocycles. The molecule has 21 heavy (non-hydrogen) atoms. The van der Waals surface area contributed by atoms with Gasteiger partial charge in [-0.3, -0.25) is 0 Å². The van der Waals surface area contributed by atoms with Crippen LogP contribution in [0.25, 0.3) is 17.2 Å². The quantitative estimate of drug-likeness (QED) is 0.787. The summed E-state index contributed by atoms with van der Waals surface area (Å²) >= 11 is 0. The maximum Gasteiger partial charge on any atom is 0.210 e. The average Bonchev–Trinajstić information content (AvgIpc) is 2.48. The molecule has 0 aliphatic heterocycles. The lowest BCUT2D eigenvalue weighted by Crippen LogP contribution is -1.97. The summed E-state index contributed by atoms with van der Waals surface area (Å²) in [4.78, 5) is 3.88. The van der Waals surface area contributed by atoms with E-state index in [1.54, 1.807) is 12.3 Å². The molecule has 0 bridgehead atoms. The Labute approximate surface area is 125 Å². The van der Waals surface area contributed by atoms with E-state index in [1.165, 1.54) is 0 Å². The van der Waals surface area contributed by atoms with E-state index in [1.807, 2.05) is 25.1 Å². The Morgan fingerprint density at radius 3 is 2.43 bits per heavy atom. The van der Waals surface area contributed by atoms with E-state index in [4.69, 9.17) is 0 Å². The SMILES string of the molecule is CC(O)CCC/C=C/c1ccc(-c2ccc(O)nc2)cc1. The molecule has 1 heterocycles. The Morgan fingerprint density at radius 2 is 1.81 bits per heavy atom. The van der Waals surface area contributed by atoms with Gasteiger partial charge in [-0.1, -0.05) is 36.4 Å². The second-order valence-corrected chi connectivity index (χ2v) is 5.21. The number of aromatic hydroxyl groups is 1. The number of hydrogen-bond donors (Lipinski definition) is 2. The predicted molar refractivity (Wildman–Crippen MR) is 85.9 cm³/mol. The van der Waals surface area contributed by atoms with E-state index in [0.29, 0.717) is 0 Å². The molecular weight excluding hydrogens is 262 g/mol. The summed E-state index contributed by atoms with van der Waals surface area (Å²) in [5, 5.41) is 18.4. The lowest BCUT2D eigenvalue weighted by atomic mass is 10.1. The van der Waals surface area contributed by atoms with Gasteiger partial charge in [-0.25, -0.2) is 4.98 Å². The molecule has 0 saturated heterocycles. The summed E-state index contributed by atoms with van der Waals surface area (Å²) in [6.45, 7) is 1.82. The molecule has 1 atom stereocenters. The van der Waals surface area contributed by atoms with Gasteiger partial charge >= 0.3 is 0 Å². The zero-order chi connectivity index (χ0) is 15.1. The maximum absolute atomic E-state index is 9.19. The van der Waals surface area contributed by atoms with Crippen molar-refractivity contribution >= 4 is 6.08 Å². The molecule has 1 aromatic heterocycles. The summed E-state index contributed by atoms with van der Waals surface area (Å²) < 4.78 is 0. The smallest absolute Gasteiger partial charge is 0.210 e. The molecule has 2 N–H and O–H groups in total. The fourth-order valence-electron chi connectivity index (χ4n) is 2.09. The highest BCUT2D eigenvalue weighted by atomic mass is 16.3. The van der Waals surface area contributed by atoms with E-state index >= 15 is 0 Å². The lowest BCUT2D eigenvalue weighted by Gasteiger charge is -2.02. The average molecular weight is 283 g/mol. The third-order valence-corrected chi connectivity index (χ3v) is 3.29. The van der Waals surface area contributed by atoms with Crippen LogP contribution in [0.2, 0.25) is 0 Å². The zero-order valence-corrected chi connectivity index (χ0v) is 12.2. The van der Waals surface area contributed by atoms with Crippen molar-refractivity contribution in [3.8, 4) is 17.0 Å². The van der Waals surface area contributed by atoms with Gasteiger partial charge in [0.25, 0.3) is 0 Å². The fourth-order valence-corrected chi connectivity index (χ4v) is 2.09. The number of rotatable bonds is 6. The number of hydrogen-bond acceptors (Lipinski definition) is 3. The van der Waals surface area contributed by atoms with E-state index in [0.717, 1.165) is 36.0 Å². The number of pyridine rings is 1. The van der Waals surface area contributed by atoms with Crippen molar-refractivity contribution in [2.24, 2.45) is 0 Å². The summed E-state index contributed by atoms with van der Waals surface area (Å²) in [5.74, 6) is 0.0375. The minimum Gasteiger partial charge on any atom is -0.493 e. The van der Waals surface area contributed by atoms with Crippen LogP contribution in [0, 0.1) is 0 Å². The van der Waals surface area contributed by atoms with Gasteiger partial charge in [0.05, 0.1) is 6.10 Å². The molecule has 0 radical (unpaired) electrons. The summed E-state index contributed by atoms with van der Waals surface area (Å²) in [6, 6.07) is 11.7. The van der Waals surface area contributed by atoms with Crippen molar-refractivity contribution in [2.45, 2.75) is 32.3 Å². The zero-order valence-electron chi connectivity index (χ0n) is 12.2. The van der Waals surface area contributed by atoms with Gasteiger partial charge in [0, 0.05) is 17.8 Å². The lowest BCUT2D eigenvalue weighted by molar-refractivity contribution is 0.182. The van der Waals surface area contributed by atoms with Crippen molar-refractivity contribution in [3.63, 3.8) is 0 Å². The largest absolute Gasteiger partial charge is 0.493 e. The number of unbranched alkanes of at least 4 members (excludes halogenated alkanes) is 1. The third kappa shape index (κ3) is 5.04. The first-order valence-electron chi connectivity index (χ1n) is 7.25. The van der Waals surface area contributed by atoms with Crippen molar-refractivity contribution in [1.29, 1.82) is 0 Å². The van der Waals surface area contributed by atoms with Gasteiger partial charge in [0.15, 0.2) is 0 Å². The van der Waals surface area contributed by atoms with Gasteiger partial charge in [0.1, 0.15) is 0 Å². The monoisotopic (exact) mass is 283 g/mol. The van der Waals surface area contributed by atoms with Crippen LogP contribution in [-0.2, 0) is 0 Å². The van der Waals surface area contributed by atoms with Gasteiger partial charge in [0.2, 0.25) is 5.88 Å².